The number of hydrogen-bond donors (Lipinski definition) is 2. The Morgan fingerprint density at radius 2 is 2.12 bits per heavy atom. The van der Waals surface area contributed by atoms with Crippen molar-refractivity contribution in [3.63, 3.8) is 0 Å². The van der Waals surface area contributed by atoms with Crippen molar-refractivity contribution in [2.75, 3.05) is 7.11 Å². The van der Waals surface area contributed by atoms with E-state index in [9.17, 15) is 4.79 Å². The fourth-order valence-electron chi connectivity index (χ4n) is 1.49. The average Bonchev–Trinajstić information content (AvgIpc) is 2.38. The van der Waals surface area contributed by atoms with Gasteiger partial charge >= 0.3 is 0 Å². The van der Waals surface area contributed by atoms with E-state index in [0.717, 1.165) is 5.39 Å². The number of methoxy groups -OCH3 is 1. The Hall–Kier alpha value is -1.66. The molecule has 0 bridgehead atoms. The lowest BCUT2D eigenvalue weighted by atomic mass is 10.2. The molecule has 0 radical (unpaired) electrons. The smallest absolute Gasteiger partial charge is 0.283 e. The molecule has 0 spiro atoms. The van der Waals surface area contributed by atoms with Gasteiger partial charge in [0.05, 0.1) is 17.1 Å². The van der Waals surface area contributed by atoms with E-state index in [1.54, 1.807) is 19.2 Å². The van der Waals surface area contributed by atoms with Gasteiger partial charge in [-0.1, -0.05) is 6.07 Å². The van der Waals surface area contributed by atoms with Gasteiger partial charge in [-0.3, -0.25) is 10.2 Å². The van der Waals surface area contributed by atoms with Crippen LogP contribution in [0.15, 0.2) is 28.7 Å². The van der Waals surface area contributed by atoms with Crippen molar-refractivity contribution in [2.45, 2.75) is 0 Å². The zero-order chi connectivity index (χ0) is 12.4. The lowest BCUT2D eigenvalue weighted by molar-refractivity contribution is 0.0949. The van der Waals surface area contributed by atoms with E-state index in [0.29, 0.717) is 15.7 Å². The van der Waals surface area contributed by atoms with Crippen molar-refractivity contribution in [3.8, 4) is 5.75 Å². The molecule has 1 heterocycles. The fraction of sp³-hybridized carbons (Fsp3) is 0.0909. The standard InChI is InChI=1S/C11H10BrN3O2/c1-17-8-5-3-6-2-4-7(11(16)15-13)14-10(6)9(8)12/h2-5H,13H2,1H3,(H,15,16). The molecule has 1 aromatic carbocycles. The van der Waals surface area contributed by atoms with Crippen molar-refractivity contribution in [1.29, 1.82) is 0 Å². The molecule has 0 saturated carbocycles. The number of nitrogens with one attached hydrogen (secondary N) is 1. The van der Waals surface area contributed by atoms with Crippen LogP contribution in [0.4, 0.5) is 0 Å². The number of halogens is 1. The minimum atomic E-state index is -0.429. The molecule has 6 heteroatoms. The molecular formula is C11H10BrN3O2. The second kappa shape index (κ2) is 4.68. The van der Waals surface area contributed by atoms with Crippen LogP contribution in [0, 0.1) is 0 Å². The molecule has 17 heavy (non-hydrogen) atoms. The summed E-state index contributed by atoms with van der Waals surface area (Å²) >= 11 is 3.40. The first-order valence-corrected chi connectivity index (χ1v) is 5.61. The number of aromatic nitrogens is 1. The number of carbonyl (C=O) groups is 1. The molecule has 0 fully saturated rings. The predicted octanol–water partition coefficient (Wildman–Crippen LogP) is 1.61. The first-order chi connectivity index (χ1) is 8.17. The van der Waals surface area contributed by atoms with E-state index in [2.05, 4.69) is 20.9 Å². The average molecular weight is 296 g/mol. The largest absolute Gasteiger partial charge is 0.495 e. The maximum Gasteiger partial charge on any atom is 0.283 e. The summed E-state index contributed by atoms with van der Waals surface area (Å²) in [7, 11) is 1.57. The molecule has 0 aliphatic heterocycles. The molecule has 1 aromatic heterocycles. The van der Waals surface area contributed by atoms with E-state index in [-0.39, 0.29) is 5.69 Å². The first-order valence-electron chi connectivity index (χ1n) is 4.81. The van der Waals surface area contributed by atoms with Gasteiger partial charge in [-0.05, 0) is 34.1 Å². The third-order valence-corrected chi connectivity index (χ3v) is 3.11. The Kier molecular flexibility index (Phi) is 3.26. The Balaban J connectivity index is 2.66. The zero-order valence-electron chi connectivity index (χ0n) is 9.03. The van der Waals surface area contributed by atoms with E-state index < -0.39 is 5.91 Å². The highest BCUT2D eigenvalue weighted by atomic mass is 79.9. The van der Waals surface area contributed by atoms with Gasteiger partial charge in [-0.25, -0.2) is 10.8 Å². The molecule has 0 unspecified atom stereocenters. The Labute approximate surface area is 106 Å². The molecule has 0 saturated heterocycles. The minimum Gasteiger partial charge on any atom is -0.495 e. The van der Waals surface area contributed by atoms with Gasteiger partial charge in [0.15, 0.2) is 0 Å². The summed E-state index contributed by atoms with van der Waals surface area (Å²) in [6, 6.07) is 7.12. The molecule has 1 amide bonds. The molecule has 2 aromatic rings. The molecule has 88 valence electrons. The van der Waals surface area contributed by atoms with Crippen LogP contribution in [0.1, 0.15) is 10.5 Å². The van der Waals surface area contributed by atoms with Crippen molar-refractivity contribution in [1.82, 2.24) is 10.4 Å². The van der Waals surface area contributed by atoms with Crippen molar-refractivity contribution >= 4 is 32.7 Å². The van der Waals surface area contributed by atoms with Gasteiger partial charge in [-0.15, -0.1) is 0 Å². The number of nitrogen functional groups attached to an aromatic ring is 1. The molecule has 5 nitrogen and oxygen atoms in total. The topological polar surface area (TPSA) is 77.2 Å². The Morgan fingerprint density at radius 3 is 2.76 bits per heavy atom. The monoisotopic (exact) mass is 295 g/mol. The first kappa shape index (κ1) is 11.8. The van der Waals surface area contributed by atoms with Gasteiger partial charge in [-0.2, -0.15) is 0 Å². The number of pyridine rings is 1. The highest BCUT2D eigenvalue weighted by molar-refractivity contribution is 9.10. The number of nitrogens with two attached hydrogens (primary N) is 1. The molecule has 0 aliphatic rings. The summed E-state index contributed by atoms with van der Waals surface area (Å²) in [5, 5.41) is 0.909. The quantitative estimate of drug-likeness (QED) is 0.501. The van der Waals surface area contributed by atoms with Gasteiger partial charge in [0, 0.05) is 5.39 Å². The van der Waals surface area contributed by atoms with Crippen LogP contribution in [-0.4, -0.2) is 18.0 Å². The lowest BCUT2D eigenvalue weighted by Gasteiger charge is -2.07. The predicted molar refractivity (Wildman–Crippen MR) is 67.6 cm³/mol. The van der Waals surface area contributed by atoms with Crippen LogP contribution in [0.2, 0.25) is 0 Å². The van der Waals surface area contributed by atoms with Crippen LogP contribution in [0.3, 0.4) is 0 Å². The van der Waals surface area contributed by atoms with Gasteiger partial charge in [0.1, 0.15) is 11.4 Å². The number of amides is 1. The Morgan fingerprint density at radius 1 is 1.41 bits per heavy atom. The number of hydrazine groups is 1. The van der Waals surface area contributed by atoms with Crippen molar-refractivity contribution in [3.05, 3.63) is 34.4 Å². The highest BCUT2D eigenvalue weighted by Crippen LogP contribution is 2.31. The number of rotatable bonds is 2. The number of benzene rings is 1. The van der Waals surface area contributed by atoms with Gasteiger partial charge in [0.2, 0.25) is 0 Å². The maximum atomic E-state index is 11.4. The summed E-state index contributed by atoms with van der Waals surface area (Å²) in [4.78, 5) is 15.6. The van der Waals surface area contributed by atoms with Gasteiger partial charge in [0.25, 0.3) is 5.91 Å². The van der Waals surface area contributed by atoms with Crippen LogP contribution in [-0.2, 0) is 0 Å². The molecule has 2 rings (SSSR count). The van der Waals surface area contributed by atoms with E-state index in [4.69, 9.17) is 10.6 Å². The van der Waals surface area contributed by atoms with E-state index in [1.807, 2.05) is 17.6 Å². The van der Waals surface area contributed by atoms with Crippen molar-refractivity contribution < 1.29 is 9.53 Å². The molecular weight excluding hydrogens is 286 g/mol. The van der Waals surface area contributed by atoms with Crippen LogP contribution in [0.5, 0.6) is 5.75 Å². The Bertz CT molecular complexity index is 586. The zero-order valence-corrected chi connectivity index (χ0v) is 10.6. The molecule has 0 atom stereocenters. The second-order valence-corrected chi connectivity index (χ2v) is 4.12. The molecule has 0 aliphatic carbocycles. The van der Waals surface area contributed by atoms with Crippen LogP contribution >= 0.6 is 15.9 Å². The summed E-state index contributed by atoms with van der Waals surface area (Å²) in [6.07, 6.45) is 0. The number of nitrogens with zero attached hydrogens (tertiary/aromatic N) is 1. The summed E-state index contributed by atoms with van der Waals surface area (Å²) in [5.74, 6) is 5.30. The molecule has 3 N–H and O–H groups in total. The summed E-state index contributed by atoms with van der Waals surface area (Å²) in [6.45, 7) is 0. The van der Waals surface area contributed by atoms with Gasteiger partial charge < -0.3 is 4.74 Å². The van der Waals surface area contributed by atoms with Crippen LogP contribution < -0.4 is 16.0 Å². The number of hydrogen-bond acceptors (Lipinski definition) is 4. The SMILES string of the molecule is COc1ccc2ccc(C(=O)NN)nc2c1Br. The number of fused-ring (bicyclic) bond motifs is 1. The third-order valence-electron chi connectivity index (χ3n) is 2.35. The minimum absolute atomic E-state index is 0.258. The number of carbonyl (C=O) groups excluding carboxylic acids is 1. The van der Waals surface area contributed by atoms with E-state index >= 15 is 0 Å². The van der Waals surface area contributed by atoms with Crippen molar-refractivity contribution in [2.24, 2.45) is 5.84 Å². The lowest BCUT2D eigenvalue weighted by Crippen LogP contribution is -2.30. The summed E-state index contributed by atoms with van der Waals surface area (Å²) in [5.41, 5.74) is 2.96. The number of ether oxygens (including phenoxy) is 1. The highest BCUT2D eigenvalue weighted by Gasteiger charge is 2.10. The fourth-order valence-corrected chi connectivity index (χ4v) is 2.11. The summed E-state index contributed by atoms with van der Waals surface area (Å²) < 4.78 is 5.88. The maximum absolute atomic E-state index is 11.4. The van der Waals surface area contributed by atoms with Crippen LogP contribution in [0.25, 0.3) is 10.9 Å². The van der Waals surface area contributed by atoms with E-state index in [1.165, 1.54) is 0 Å². The third kappa shape index (κ3) is 2.09. The normalized spacial score (nSPS) is 10.3. The second-order valence-electron chi connectivity index (χ2n) is 3.32.